The quantitative estimate of drug-likeness (QED) is 0.422. The molecule has 0 bridgehead atoms. The first-order valence-corrected chi connectivity index (χ1v) is 3.03. The van der Waals surface area contributed by atoms with E-state index < -0.39 is 0 Å². The van der Waals surface area contributed by atoms with Crippen molar-refractivity contribution >= 4 is 5.96 Å². The fourth-order valence-corrected chi connectivity index (χ4v) is 0.506. The Morgan fingerprint density at radius 2 is 2.40 bits per heavy atom. The van der Waals surface area contributed by atoms with Crippen LogP contribution in [0.15, 0.2) is 0 Å². The van der Waals surface area contributed by atoms with Gasteiger partial charge in [0.1, 0.15) is 0 Å². The highest BCUT2D eigenvalue weighted by atomic mass is 15.2. The second-order valence-electron chi connectivity index (χ2n) is 2.21. The molecule has 0 aromatic rings. The first-order valence-electron chi connectivity index (χ1n) is 3.03. The highest BCUT2D eigenvalue weighted by Gasteiger charge is 2.08. The molecule has 0 rings (SSSR count). The van der Waals surface area contributed by atoms with Gasteiger partial charge in [0.15, 0.2) is 5.96 Å². The molecule has 56 valence electrons. The third kappa shape index (κ3) is 2.35. The van der Waals surface area contributed by atoms with Crippen LogP contribution in [-0.4, -0.2) is 23.9 Å². The summed E-state index contributed by atoms with van der Waals surface area (Å²) in [4.78, 5) is 1.56. The van der Waals surface area contributed by atoms with Crippen LogP contribution in [0.25, 0.3) is 0 Å². The first-order chi connectivity index (χ1) is 4.59. The zero-order valence-electron chi connectivity index (χ0n) is 6.26. The van der Waals surface area contributed by atoms with Gasteiger partial charge in [0.2, 0.25) is 0 Å². The molecule has 0 spiro atoms. The molecule has 3 N–H and O–H groups in total. The molecule has 1 atom stereocenters. The minimum absolute atomic E-state index is 0.00255. The first kappa shape index (κ1) is 8.76. The van der Waals surface area contributed by atoms with Crippen LogP contribution in [0.5, 0.6) is 0 Å². The average molecular weight is 140 g/mol. The number of nitriles is 1. The maximum atomic E-state index is 8.28. The highest BCUT2D eigenvalue weighted by molar-refractivity contribution is 5.74. The van der Waals surface area contributed by atoms with Crippen molar-refractivity contribution in [3.63, 3.8) is 0 Å². The van der Waals surface area contributed by atoms with Gasteiger partial charge < -0.3 is 10.6 Å². The van der Waals surface area contributed by atoms with Crippen molar-refractivity contribution in [2.24, 2.45) is 5.73 Å². The van der Waals surface area contributed by atoms with Crippen LogP contribution in [0.3, 0.4) is 0 Å². The van der Waals surface area contributed by atoms with Crippen LogP contribution in [0.4, 0.5) is 0 Å². The minimum Gasteiger partial charge on any atom is -0.370 e. The van der Waals surface area contributed by atoms with Gasteiger partial charge in [0.05, 0.1) is 12.5 Å². The molecule has 0 saturated carbocycles. The van der Waals surface area contributed by atoms with E-state index in [0.717, 1.165) is 0 Å². The Hall–Kier alpha value is -1.24. The summed E-state index contributed by atoms with van der Waals surface area (Å²) in [7, 11) is 1.70. The summed E-state index contributed by atoms with van der Waals surface area (Å²) >= 11 is 0. The Bertz CT molecular complexity index is 158. The van der Waals surface area contributed by atoms with E-state index >= 15 is 0 Å². The van der Waals surface area contributed by atoms with Crippen molar-refractivity contribution in [3.05, 3.63) is 0 Å². The maximum absolute atomic E-state index is 8.28. The largest absolute Gasteiger partial charge is 0.370 e. The van der Waals surface area contributed by atoms with Crippen LogP contribution < -0.4 is 5.73 Å². The third-order valence-electron chi connectivity index (χ3n) is 1.43. The van der Waals surface area contributed by atoms with Crippen LogP contribution in [0, 0.1) is 16.7 Å². The molecule has 1 unspecified atom stereocenters. The lowest BCUT2D eigenvalue weighted by molar-refractivity contribution is 0.389. The van der Waals surface area contributed by atoms with E-state index in [1.165, 1.54) is 0 Å². The molecule has 0 aliphatic rings. The molecule has 0 radical (unpaired) electrons. The van der Waals surface area contributed by atoms with Crippen molar-refractivity contribution in [1.29, 1.82) is 10.7 Å². The fraction of sp³-hybridized carbons (Fsp3) is 0.667. The Kier molecular flexibility index (Phi) is 3.26. The van der Waals surface area contributed by atoms with E-state index in [1.807, 2.05) is 13.0 Å². The Morgan fingerprint density at radius 3 is 2.70 bits per heavy atom. The van der Waals surface area contributed by atoms with Crippen molar-refractivity contribution < 1.29 is 0 Å². The number of hydrogen-bond acceptors (Lipinski definition) is 2. The second-order valence-corrected chi connectivity index (χ2v) is 2.21. The van der Waals surface area contributed by atoms with Crippen molar-refractivity contribution in [3.8, 4) is 6.07 Å². The summed E-state index contributed by atoms with van der Waals surface area (Å²) in [5, 5.41) is 15.3. The predicted molar refractivity (Wildman–Crippen MR) is 39.4 cm³/mol. The number of rotatable bonds is 2. The number of nitrogens with zero attached hydrogens (tertiary/aromatic N) is 2. The summed E-state index contributed by atoms with van der Waals surface area (Å²) in [5.41, 5.74) is 5.17. The molecule has 0 aromatic carbocycles. The normalized spacial score (nSPS) is 11.7. The van der Waals surface area contributed by atoms with Gasteiger partial charge >= 0.3 is 0 Å². The van der Waals surface area contributed by atoms with E-state index in [0.29, 0.717) is 6.42 Å². The highest BCUT2D eigenvalue weighted by Crippen LogP contribution is 1.97. The summed E-state index contributed by atoms with van der Waals surface area (Å²) < 4.78 is 0. The van der Waals surface area contributed by atoms with E-state index in [-0.39, 0.29) is 12.0 Å². The van der Waals surface area contributed by atoms with Crippen LogP contribution >= 0.6 is 0 Å². The SMILES string of the molecule is CC(CC#N)N(C)C(=N)N. The zero-order chi connectivity index (χ0) is 8.15. The van der Waals surface area contributed by atoms with E-state index in [2.05, 4.69) is 0 Å². The number of hydrogen-bond donors (Lipinski definition) is 2. The zero-order valence-corrected chi connectivity index (χ0v) is 6.26. The smallest absolute Gasteiger partial charge is 0.188 e. The molecule has 0 aliphatic heterocycles. The van der Waals surface area contributed by atoms with E-state index in [1.54, 1.807) is 11.9 Å². The lowest BCUT2D eigenvalue weighted by atomic mass is 10.2. The Balaban J connectivity index is 3.84. The van der Waals surface area contributed by atoms with Gasteiger partial charge in [-0.1, -0.05) is 0 Å². The van der Waals surface area contributed by atoms with Crippen LogP contribution in [0.2, 0.25) is 0 Å². The molecular weight excluding hydrogens is 128 g/mol. The molecule has 0 heterocycles. The van der Waals surface area contributed by atoms with Crippen LogP contribution in [0.1, 0.15) is 13.3 Å². The van der Waals surface area contributed by atoms with Gasteiger partial charge in [-0.05, 0) is 6.92 Å². The van der Waals surface area contributed by atoms with Gasteiger partial charge in [-0.25, -0.2) is 0 Å². The Labute approximate surface area is 60.7 Å². The molecule has 0 saturated heterocycles. The number of guanidine groups is 1. The number of nitrogens with two attached hydrogens (primary N) is 1. The molecule has 4 heteroatoms. The van der Waals surface area contributed by atoms with E-state index in [9.17, 15) is 0 Å². The molecular formula is C6H12N4. The third-order valence-corrected chi connectivity index (χ3v) is 1.43. The lowest BCUT2D eigenvalue weighted by Gasteiger charge is -2.22. The second kappa shape index (κ2) is 3.72. The molecule has 10 heavy (non-hydrogen) atoms. The predicted octanol–water partition coefficient (Wildman–Crippen LogP) is 0.114. The molecule has 0 amide bonds. The summed E-state index contributed by atoms with van der Waals surface area (Å²) in [6, 6.07) is 2.04. The van der Waals surface area contributed by atoms with Crippen molar-refractivity contribution in [2.45, 2.75) is 19.4 Å². The van der Waals surface area contributed by atoms with Gasteiger partial charge in [0.25, 0.3) is 0 Å². The summed E-state index contributed by atoms with van der Waals surface area (Å²) in [6.07, 6.45) is 0.399. The molecule has 0 aliphatic carbocycles. The fourth-order valence-electron chi connectivity index (χ4n) is 0.506. The van der Waals surface area contributed by atoms with E-state index in [4.69, 9.17) is 16.4 Å². The lowest BCUT2D eigenvalue weighted by Crippen LogP contribution is -2.39. The van der Waals surface area contributed by atoms with Crippen molar-refractivity contribution in [2.75, 3.05) is 7.05 Å². The van der Waals surface area contributed by atoms with Gasteiger partial charge in [-0.3, -0.25) is 5.41 Å². The number of nitrogens with one attached hydrogen (secondary N) is 1. The average Bonchev–Trinajstić information content (AvgIpc) is 1.87. The van der Waals surface area contributed by atoms with Gasteiger partial charge in [-0.15, -0.1) is 0 Å². The maximum Gasteiger partial charge on any atom is 0.188 e. The molecule has 0 fully saturated rings. The van der Waals surface area contributed by atoms with Gasteiger partial charge in [0, 0.05) is 13.1 Å². The summed E-state index contributed by atoms with van der Waals surface area (Å²) in [5.74, 6) is 0.00255. The van der Waals surface area contributed by atoms with Gasteiger partial charge in [-0.2, -0.15) is 5.26 Å². The minimum atomic E-state index is 0.00255. The topological polar surface area (TPSA) is 76.9 Å². The molecule has 4 nitrogen and oxygen atoms in total. The molecule has 0 aromatic heterocycles. The van der Waals surface area contributed by atoms with Crippen molar-refractivity contribution in [1.82, 2.24) is 4.90 Å². The standard InChI is InChI=1S/C6H12N4/c1-5(3-4-7)10(2)6(8)9/h5H,3H2,1-2H3,(H3,8,9). The Morgan fingerprint density at radius 1 is 1.90 bits per heavy atom. The monoisotopic (exact) mass is 140 g/mol. The summed E-state index contributed by atoms with van der Waals surface area (Å²) in [6.45, 7) is 1.85. The van der Waals surface area contributed by atoms with Crippen LogP contribution in [-0.2, 0) is 0 Å².